The number of hydrogen-bond acceptors (Lipinski definition) is 3. The van der Waals surface area contributed by atoms with Crippen molar-refractivity contribution in [3.63, 3.8) is 0 Å². The van der Waals surface area contributed by atoms with Crippen LogP contribution in [0.1, 0.15) is 32.4 Å². The molecule has 1 saturated carbocycles. The number of anilines is 1. The van der Waals surface area contributed by atoms with E-state index in [0.717, 1.165) is 12.8 Å². The molecule has 0 aromatic carbocycles. The van der Waals surface area contributed by atoms with Gasteiger partial charge in [-0.2, -0.15) is 0 Å². The first kappa shape index (κ1) is 14.3. The molecule has 1 aliphatic carbocycles. The number of urea groups is 1. The van der Waals surface area contributed by atoms with Gasteiger partial charge >= 0.3 is 12.0 Å². The molecule has 1 aromatic rings. The molecule has 1 aromatic heterocycles. The van der Waals surface area contributed by atoms with E-state index in [4.69, 9.17) is 5.11 Å². The third-order valence-electron chi connectivity index (χ3n) is 3.45. The molecule has 20 heavy (non-hydrogen) atoms. The molecule has 0 unspecified atom stereocenters. The lowest BCUT2D eigenvalue weighted by Crippen LogP contribution is -2.47. The predicted octanol–water partition coefficient (Wildman–Crippen LogP) is 2.02. The van der Waals surface area contributed by atoms with E-state index in [1.54, 1.807) is 12.1 Å². The largest absolute Gasteiger partial charge is 0.481 e. The van der Waals surface area contributed by atoms with Crippen LogP contribution in [0, 0.1) is 5.92 Å². The normalized spacial score (nSPS) is 14.7. The second-order valence-corrected chi connectivity index (χ2v) is 5.68. The van der Waals surface area contributed by atoms with E-state index in [-0.39, 0.29) is 18.0 Å². The van der Waals surface area contributed by atoms with Crippen LogP contribution in [0.2, 0.25) is 0 Å². The number of aliphatic carboxylic acids is 1. The quantitative estimate of drug-likeness (QED) is 0.767. The number of aromatic nitrogens is 1. The van der Waals surface area contributed by atoms with Crippen LogP contribution in [-0.4, -0.2) is 27.6 Å². The molecule has 1 aliphatic rings. The lowest BCUT2D eigenvalue weighted by atomic mass is 9.99. The molecule has 0 saturated heterocycles. The molecular formula is C14H19N3O3. The molecular weight excluding hydrogens is 258 g/mol. The van der Waals surface area contributed by atoms with Crippen molar-refractivity contribution in [1.29, 1.82) is 0 Å². The number of amides is 2. The fourth-order valence-electron chi connectivity index (χ4n) is 2.12. The van der Waals surface area contributed by atoms with Crippen molar-refractivity contribution in [2.45, 2.75) is 38.6 Å². The summed E-state index contributed by atoms with van der Waals surface area (Å²) in [6, 6.07) is 2.97. The Morgan fingerprint density at radius 2 is 2.10 bits per heavy atom. The van der Waals surface area contributed by atoms with Crippen LogP contribution in [0.5, 0.6) is 0 Å². The maximum Gasteiger partial charge on any atom is 0.319 e. The first-order chi connectivity index (χ1) is 9.37. The van der Waals surface area contributed by atoms with Gasteiger partial charge < -0.3 is 15.7 Å². The second kappa shape index (κ2) is 5.48. The molecule has 0 radical (unpaired) electrons. The number of nitrogens with one attached hydrogen (secondary N) is 2. The van der Waals surface area contributed by atoms with Gasteiger partial charge in [-0.25, -0.2) is 4.79 Å². The molecule has 0 spiro atoms. The summed E-state index contributed by atoms with van der Waals surface area (Å²) in [6.07, 6.45) is 3.64. The summed E-state index contributed by atoms with van der Waals surface area (Å²) in [7, 11) is 0. The van der Waals surface area contributed by atoms with Gasteiger partial charge in [-0.05, 0) is 44.7 Å². The van der Waals surface area contributed by atoms with E-state index in [1.165, 1.54) is 6.20 Å². The van der Waals surface area contributed by atoms with Crippen molar-refractivity contribution < 1.29 is 14.7 Å². The SMILES string of the molecule is CC(C)(NC(=O)Nc1ccc(CC(=O)O)nc1)C1CC1. The molecule has 2 amide bonds. The molecule has 0 atom stereocenters. The maximum atomic E-state index is 11.9. The van der Waals surface area contributed by atoms with Gasteiger partial charge in [0.15, 0.2) is 0 Å². The number of rotatable bonds is 5. The zero-order chi connectivity index (χ0) is 14.8. The van der Waals surface area contributed by atoms with Crippen LogP contribution in [0.3, 0.4) is 0 Å². The van der Waals surface area contributed by atoms with Crippen LogP contribution < -0.4 is 10.6 Å². The van der Waals surface area contributed by atoms with Crippen molar-refractivity contribution in [2.75, 3.05) is 5.32 Å². The van der Waals surface area contributed by atoms with E-state index in [2.05, 4.69) is 15.6 Å². The molecule has 2 rings (SSSR count). The molecule has 3 N–H and O–H groups in total. The van der Waals surface area contributed by atoms with Crippen molar-refractivity contribution in [1.82, 2.24) is 10.3 Å². The summed E-state index contributed by atoms with van der Waals surface area (Å²) >= 11 is 0. The average Bonchev–Trinajstić information content (AvgIpc) is 3.14. The lowest BCUT2D eigenvalue weighted by molar-refractivity contribution is -0.136. The summed E-state index contributed by atoms with van der Waals surface area (Å²) in [6.45, 7) is 4.02. The van der Waals surface area contributed by atoms with Gasteiger partial charge in [0.05, 0.1) is 24.0 Å². The summed E-state index contributed by atoms with van der Waals surface area (Å²) in [5.74, 6) is -0.383. The van der Waals surface area contributed by atoms with Crippen molar-refractivity contribution in [3.8, 4) is 0 Å². The van der Waals surface area contributed by atoms with Gasteiger partial charge in [-0.3, -0.25) is 9.78 Å². The van der Waals surface area contributed by atoms with E-state index < -0.39 is 5.97 Å². The van der Waals surface area contributed by atoms with Crippen molar-refractivity contribution >= 4 is 17.7 Å². The Bertz CT molecular complexity index is 507. The highest BCUT2D eigenvalue weighted by Gasteiger charge is 2.38. The molecule has 0 aliphatic heterocycles. The highest BCUT2D eigenvalue weighted by molar-refractivity contribution is 5.89. The smallest absolute Gasteiger partial charge is 0.319 e. The molecule has 1 fully saturated rings. The van der Waals surface area contributed by atoms with Gasteiger partial charge in [-0.15, -0.1) is 0 Å². The Balaban J connectivity index is 1.89. The third-order valence-corrected chi connectivity index (χ3v) is 3.45. The Morgan fingerprint density at radius 3 is 2.60 bits per heavy atom. The first-order valence-corrected chi connectivity index (χ1v) is 6.63. The fourth-order valence-corrected chi connectivity index (χ4v) is 2.12. The highest BCUT2D eigenvalue weighted by Crippen LogP contribution is 2.39. The topological polar surface area (TPSA) is 91.3 Å². The minimum Gasteiger partial charge on any atom is -0.481 e. The van der Waals surface area contributed by atoms with Gasteiger partial charge in [0.25, 0.3) is 0 Å². The minimum absolute atomic E-state index is 0.124. The minimum atomic E-state index is -0.929. The van der Waals surface area contributed by atoms with Gasteiger partial charge in [-0.1, -0.05) is 0 Å². The highest BCUT2D eigenvalue weighted by atomic mass is 16.4. The van der Waals surface area contributed by atoms with E-state index in [1.807, 2.05) is 13.8 Å². The third kappa shape index (κ3) is 3.94. The number of hydrogen-bond donors (Lipinski definition) is 3. The number of carboxylic acids is 1. The standard InChI is InChI=1S/C14H19N3O3/c1-14(2,9-3-4-9)17-13(20)16-11-6-5-10(15-8-11)7-12(18)19/h5-6,8-9H,3-4,7H2,1-2H3,(H,18,19)(H2,16,17,20). The molecule has 6 nitrogen and oxygen atoms in total. The Morgan fingerprint density at radius 1 is 1.40 bits per heavy atom. The van der Waals surface area contributed by atoms with Gasteiger partial charge in [0.2, 0.25) is 0 Å². The number of carbonyl (C=O) groups is 2. The van der Waals surface area contributed by atoms with Gasteiger partial charge in [0.1, 0.15) is 0 Å². The summed E-state index contributed by atoms with van der Waals surface area (Å²) in [5.41, 5.74) is 0.797. The average molecular weight is 277 g/mol. The van der Waals surface area contributed by atoms with Crippen LogP contribution >= 0.6 is 0 Å². The fraction of sp³-hybridized carbons (Fsp3) is 0.500. The van der Waals surface area contributed by atoms with Crippen LogP contribution in [-0.2, 0) is 11.2 Å². The number of pyridine rings is 1. The Kier molecular flexibility index (Phi) is 3.92. The summed E-state index contributed by atoms with van der Waals surface area (Å²) in [5, 5.41) is 14.3. The van der Waals surface area contributed by atoms with Crippen LogP contribution in [0.25, 0.3) is 0 Å². The number of carbonyl (C=O) groups excluding carboxylic acids is 1. The lowest BCUT2D eigenvalue weighted by Gasteiger charge is -2.26. The Hall–Kier alpha value is -2.11. The van der Waals surface area contributed by atoms with Crippen LogP contribution in [0.4, 0.5) is 10.5 Å². The monoisotopic (exact) mass is 277 g/mol. The maximum absolute atomic E-state index is 11.9. The summed E-state index contributed by atoms with van der Waals surface area (Å²) < 4.78 is 0. The van der Waals surface area contributed by atoms with Crippen molar-refractivity contribution in [2.24, 2.45) is 5.92 Å². The number of carboxylic acid groups (broad SMARTS) is 1. The molecule has 108 valence electrons. The zero-order valence-electron chi connectivity index (χ0n) is 11.6. The van der Waals surface area contributed by atoms with Gasteiger partial charge in [0, 0.05) is 5.54 Å². The molecule has 0 bridgehead atoms. The van der Waals surface area contributed by atoms with Crippen molar-refractivity contribution in [3.05, 3.63) is 24.0 Å². The van der Waals surface area contributed by atoms with E-state index in [0.29, 0.717) is 17.3 Å². The van der Waals surface area contributed by atoms with Crippen LogP contribution in [0.15, 0.2) is 18.3 Å². The molecule has 6 heteroatoms. The van der Waals surface area contributed by atoms with E-state index in [9.17, 15) is 9.59 Å². The number of nitrogens with zero attached hydrogens (tertiary/aromatic N) is 1. The zero-order valence-corrected chi connectivity index (χ0v) is 11.6. The summed E-state index contributed by atoms with van der Waals surface area (Å²) in [4.78, 5) is 26.4. The van der Waals surface area contributed by atoms with E-state index >= 15 is 0 Å². The second-order valence-electron chi connectivity index (χ2n) is 5.68. The Labute approximate surface area is 117 Å². The first-order valence-electron chi connectivity index (χ1n) is 6.63. The molecule has 1 heterocycles. The predicted molar refractivity (Wildman–Crippen MR) is 74.5 cm³/mol.